The fourth-order valence-electron chi connectivity index (χ4n) is 2.37. The van der Waals surface area contributed by atoms with Crippen LogP contribution in [0.15, 0.2) is 30.3 Å². The maximum Gasteiger partial charge on any atom is 0.307 e. The van der Waals surface area contributed by atoms with Gasteiger partial charge in [-0.3, -0.25) is 14.4 Å². The molecule has 0 saturated heterocycles. The third kappa shape index (κ3) is 5.03. The number of hydrogen-bond donors (Lipinski definition) is 2. The molecule has 0 aliphatic rings. The molecule has 2 aromatic rings. The number of ketones is 1. The Morgan fingerprint density at radius 1 is 1.08 bits per heavy atom. The molecule has 0 saturated carbocycles. The number of carboxylic acids is 1. The minimum atomic E-state index is -0.899. The lowest BCUT2D eigenvalue weighted by molar-refractivity contribution is -0.136. The van der Waals surface area contributed by atoms with Crippen LogP contribution < -0.4 is 5.32 Å². The van der Waals surface area contributed by atoms with Crippen molar-refractivity contribution in [3.8, 4) is 0 Å². The highest BCUT2D eigenvalue weighted by atomic mass is 32.1. The van der Waals surface area contributed by atoms with Gasteiger partial charge in [-0.15, -0.1) is 11.3 Å². The highest BCUT2D eigenvalue weighted by Crippen LogP contribution is 2.22. The largest absolute Gasteiger partial charge is 0.481 e. The number of Topliss-reactive ketones (excluding diaryl/α,β-unsaturated/α-hetero) is 1. The molecule has 0 aliphatic heterocycles. The normalized spacial score (nSPS) is 10.4. The molecule has 1 amide bonds. The molecule has 1 heterocycles. The minimum Gasteiger partial charge on any atom is -0.481 e. The summed E-state index contributed by atoms with van der Waals surface area (Å²) in [5.41, 5.74) is 1.95. The molecule has 0 unspecified atom stereocenters. The van der Waals surface area contributed by atoms with Gasteiger partial charge in [-0.1, -0.05) is 12.1 Å². The van der Waals surface area contributed by atoms with Crippen molar-refractivity contribution < 1.29 is 19.5 Å². The summed E-state index contributed by atoms with van der Waals surface area (Å²) in [6.45, 7) is 3.86. The van der Waals surface area contributed by atoms with Gasteiger partial charge in [0.2, 0.25) is 5.91 Å². The molecule has 2 rings (SSSR count). The predicted molar refractivity (Wildman–Crippen MR) is 93.8 cm³/mol. The van der Waals surface area contributed by atoms with Crippen LogP contribution in [0.4, 0.5) is 5.69 Å². The topological polar surface area (TPSA) is 83.5 Å². The lowest BCUT2D eigenvalue weighted by atomic mass is 10.1. The van der Waals surface area contributed by atoms with Crippen LogP contribution in [0.5, 0.6) is 0 Å². The van der Waals surface area contributed by atoms with Crippen LogP contribution in [0.25, 0.3) is 0 Å². The first-order chi connectivity index (χ1) is 11.3. The number of rotatable bonds is 7. The number of nitrogens with one attached hydrogen (secondary N) is 1. The highest BCUT2D eigenvalue weighted by Gasteiger charge is 2.14. The monoisotopic (exact) mass is 345 g/mol. The quantitative estimate of drug-likeness (QED) is 0.751. The summed E-state index contributed by atoms with van der Waals surface area (Å²) in [7, 11) is 0. The van der Waals surface area contributed by atoms with Gasteiger partial charge in [0, 0.05) is 33.8 Å². The number of aryl methyl sites for hydroxylation is 2. The van der Waals surface area contributed by atoms with Crippen molar-refractivity contribution in [2.75, 3.05) is 5.32 Å². The van der Waals surface area contributed by atoms with Crippen LogP contribution in [0.1, 0.15) is 38.5 Å². The lowest BCUT2D eigenvalue weighted by Gasteiger charge is -2.06. The zero-order chi connectivity index (χ0) is 17.7. The van der Waals surface area contributed by atoms with Gasteiger partial charge >= 0.3 is 5.97 Å². The van der Waals surface area contributed by atoms with Crippen molar-refractivity contribution in [3.05, 3.63) is 51.2 Å². The van der Waals surface area contributed by atoms with Gasteiger partial charge in [0.15, 0.2) is 5.78 Å². The summed E-state index contributed by atoms with van der Waals surface area (Å²) in [5, 5.41) is 11.4. The maximum atomic E-state index is 12.2. The second-order valence-corrected chi connectivity index (χ2v) is 7.03. The molecule has 2 N–H and O–H groups in total. The Balaban J connectivity index is 1.86. The van der Waals surface area contributed by atoms with E-state index in [1.54, 1.807) is 35.6 Å². The molecule has 0 aliphatic carbocycles. The third-order valence-electron chi connectivity index (χ3n) is 3.51. The van der Waals surface area contributed by atoms with E-state index in [1.807, 2.05) is 19.9 Å². The molecular weight excluding hydrogens is 326 g/mol. The minimum absolute atomic E-state index is 0.0243. The van der Waals surface area contributed by atoms with Crippen LogP contribution in [0, 0.1) is 13.8 Å². The second kappa shape index (κ2) is 7.88. The molecule has 0 radical (unpaired) electrons. The first kappa shape index (κ1) is 17.9. The van der Waals surface area contributed by atoms with Crippen molar-refractivity contribution in [1.29, 1.82) is 0 Å². The molecule has 0 bridgehead atoms. The molecule has 0 spiro atoms. The Labute approximate surface area is 144 Å². The van der Waals surface area contributed by atoms with Crippen LogP contribution >= 0.6 is 11.3 Å². The Bertz CT molecular complexity index is 762. The number of hydrogen-bond acceptors (Lipinski definition) is 4. The lowest BCUT2D eigenvalue weighted by Crippen LogP contribution is -2.13. The van der Waals surface area contributed by atoms with Crippen molar-refractivity contribution in [2.24, 2.45) is 0 Å². The van der Waals surface area contributed by atoms with Crippen molar-refractivity contribution >= 4 is 34.7 Å². The van der Waals surface area contributed by atoms with E-state index in [0.29, 0.717) is 16.8 Å². The van der Waals surface area contributed by atoms with E-state index in [9.17, 15) is 14.4 Å². The Kier molecular flexibility index (Phi) is 5.87. The molecule has 1 aromatic carbocycles. The van der Waals surface area contributed by atoms with Gasteiger partial charge in [-0.05, 0) is 37.6 Å². The maximum absolute atomic E-state index is 12.2. The number of carbonyl (C=O) groups excluding carboxylic acids is 2. The van der Waals surface area contributed by atoms with E-state index >= 15 is 0 Å². The molecule has 126 valence electrons. The number of carbonyl (C=O) groups is 3. The first-order valence-electron chi connectivity index (χ1n) is 7.56. The summed E-state index contributed by atoms with van der Waals surface area (Å²) in [5.74, 6) is -1.16. The molecule has 0 fully saturated rings. The summed E-state index contributed by atoms with van der Waals surface area (Å²) in [6.07, 6.45) is 0.228. The fraction of sp³-hybridized carbons (Fsp3) is 0.278. The van der Waals surface area contributed by atoms with Crippen molar-refractivity contribution in [2.45, 2.75) is 33.1 Å². The van der Waals surface area contributed by atoms with E-state index < -0.39 is 5.97 Å². The van der Waals surface area contributed by atoms with E-state index in [4.69, 9.17) is 5.11 Å². The fourth-order valence-corrected chi connectivity index (χ4v) is 3.32. The first-order valence-corrected chi connectivity index (χ1v) is 8.37. The molecular formula is C18H19NO4S. The molecule has 24 heavy (non-hydrogen) atoms. The van der Waals surface area contributed by atoms with Gasteiger partial charge in [0.25, 0.3) is 0 Å². The Hall–Kier alpha value is -2.47. The third-order valence-corrected chi connectivity index (χ3v) is 4.48. The summed E-state index contributed by atoms with van der Waals surface area (Å²) in [6, 6.07) is 8.49. The summed E-state index contributed by atoms with van der Waals surface area (Å²) in [4.78, 5) is 36.8. The standard InChI is InChI=1S/C18H19NO4S/c1-11-9-15(12(2)24-11)16(20)7-8-17(21)19-14-5-3-13(4-6-14)10-18(22)23/h3-6,9H,7-8,10H2,1-2H3,(H,19,21)(H,22,23). The van der Waals surface area contributed by atoms with Crippen LogP contribution in [0.2, 0.25) is 0 Å². The summed E-state index contributed by atoms with van der Waals surface area (Å²) < 4.78 is 0. The molecule has 1 aromatic heterocycles. The average molecular weight is 345 g/mol. The van der Waals surface area contributed by atoms with E-state index in [0.717, 1.165) is 9.75 Å². The average Bonchev–Trinajstić information content (AvgIpc) is 2.85. The number of benzene rings is 1. The van der Waals surface area contributed by atoms with Gasteiger partial charge in [0.05, 0.1) is 6.42 Å². The number of thiophene rings is 1. The van der Waals surface area contributed by atoms with E-state index in [-0.39, 0.29) is 31.0 Å². The van der Waals surface area contributed by atoms with Gasteiger partial charge in [-0.2, -0.15) is 0 Å². The van der Waals surface area contributed by atoms with Gasteiger partial charge in [0.1, 0.15) is 0 Å². The van der Waals surface area contributed by atoms with Crippen LogP contribution in [-0.2, 0) is 16.0 Å². The second-order valence-electron chi connectivity index (χ2n) is 5.57. The smallest absolute Gasteiger partial charge is 0.307 e. The predicted octanol–water partition coefficient (Wildman–Crippen LogP) is 3.59. The highest BCUT2D eigenvalue weighted by molar-refractivity contribution is 7.12. The SMILES string of the molecule is Cc1cc(C(=O)CCC(=O)Nc2ccc(CC(=O)O)cc2)c(C)s1. The van der Waals surface area contributed by atoms with Crippen molar-refractivity contribution in [3.63, 3.8) is 0 Å². The van der Waals surface area contributed by atoms with Crippen molar-refractivity contribution in [1.82, 2.24) is 0 Å². The number of anilines is 1. The number of carboxylic acid groups (broad SMARTS) is 1. The van der Waals surface area contributed by atoms with E-state index in [2.05, 4.69) is 5.32 Å². The molecule has 6 heteroatoms. The van der Waals surface area contributed by atoms with Crippen LogP contribution in [0.3, 0.4) is 0 Å². The Morgan fingerprint density at radius 2 is 1.75 bits per heavy atom. The Morgan fingerprint density at radius 3 is 2.29 bits per heavy atom. The number of amides is 1. The van der Waals surface area contributed by atoms with Crippen LogP contribution in [-0.4, -0.2) is 22.8 Å². The molecule has 5 nitrogen and oxygen atoms in total. The summed E-state index contributed by atoms with van der Waals surface area (Å²) >= 11 is 1.58. The van der Waals surface area contributed by atoms with Gasteiger partial charge < -0.3 is 10.4 Å². The zero-order valence-electron chi connectivity index (χ0n) is 13.6. The zero-order valence-corrected chi connectivity index (χ0v) is 14.4. The van der Waals surface area contributed by atoms with E-state index in [1.165, 1.54) is 0 Å². The van der Waals surface area contributed by atoms with Gasteiger partial charge in [-0.25, -0.2) is 0 Å². The number of aliphatic carboxylic acids is 1. The molecule has 0 atom stereocenters.